The molecular formula is C21H19N3OS. The largest absolute Gasteiger partial charge is 0.493 e. The topological polar surface area (TPSA) is 47.9 Å². The average Bonchev–Trinajstić information content (AvgIpc) is 3.23. The molecule has 0 atom stereocenters. The van der Waals surface area contributed by atoms with Crippen LogP contribution in [0.4, 0.5) is 0 Å². The number of fused-ring (bicyclic) bond motifs is 1. The molecular weight excluding hydrogens is 342 g/mol. The molecule has 0 aliphatic rings. The number of nitrogens with zero attached hydrogens (tertiary/aromatic N) is 3. The molecule has 1 aromatic carbocycles. The van der Waals surface area contributed by atoms with Crippen LogP contribution in [0.15, 0.2) is 60.2 Å². The highest BCUT2D eigenvalue weighted by Gasteiger charge is 2.09. The van der Waals surface area contributed by atoms with E-state index in [2.05, 4.69) is 29.0 Å². The Hall–Kier alpha value is -2.79. The van der Waals surface area contributed by atoms with E-state index < -0.39 is 0 Å². The lowest BCUT2D eigenvalue weighted by Gasteiger charge is -2.10. The van der Waals surface area contributed by atoms with E-state index in [4.69, 9.17) is 9.72 Å². The number of unbranched alkanes of at least 4 members (excludes halogenated alkanes) is 1. The molecule has 4 nitrogen and oxygen atoms in total. The molecule has 0 bridgehead atoms. The number of ether oxygens (including phenoxy) is 1. The summed E-state index contributed by atoms with van der Waals surface area (Å²) in [5.41, 5.74) is 3.79. The van der Waals surface area contributed by atoms with E-state index in [1.807, 2.05) is 35.7 Å². The monoisotopic (exact) mass is 361 g/mol. The highest BCUT2D eigenvalue weighted by atomic mass is 32.1. The van der Waals surface area contributed by atoms with Crippen LogP contribution in [-0.2, 0) is 0 Å². The molecule has 0 saturated carbocycles. The van der Waals surface area contributed by atoms with Crippen LogP contribution in [0.2, 0.25) is 0 Å². The predicted molar refractivity (Wildman–Crippen MR) is 106 cm³/mol. The van der Waals surface area contributed by atoms with Crippen LogP contribution in [0.3, 0.4) is 0 Å². The van der Waals surface area contributed by atoms with Crippen molar-refractivity contribution in [2.24, 2.45) is 0 Å². The van der Waals surface area contributed by atoms with Crippen molar-refractivity contribution in [2.45, 2.75) is 19.8 Å². The number of aromatic nitrogens is 3. The molecule has 3 aromatic heterocycles. The lowest BCUT2D eigenvalue weighted by molar-refractivity contribution is 0.313. The van der Waals surface area contributed by atoms with Gasteiger partial charge in [0, 0.05) is 28.7 Å². The van der Waals surface area contributed by atoms with Gasteiger partial charge in [-0.25, -0.2) is 9.97 Å². The lowest BCUT2D eigenvalue weighted by Crippen LogP contribution is -1.97. The first-order valence-corrected chi connectivity index (χ1v) is 9.62. The summed E-state index contributed by atoms with van der Waals surface area (Å²) >= 11 is 1.59. The maximum Gasteiger partial charge on any atom is 0.141 e. The van der Waals surface area contributed by atoms with Gasteiger partial charge in [0.2, 0.25) is 0 Å². The van der Waals surface area contributed by atoms with Gasteiger partial charge in [0.15, 0.2) is 0 Å². The van der Waals surface area contributed by atoms with Crippen LogP contribution < -0.4 is 4.74 Å². The normalized spacial score (nSPS) is 11.0. The van der Waals surface area contributed by atoms with Crippen LogP contribution in [0.25, 0.3) is 32.9 Å². The summed E-state index contributed by atoms with van der Waals surface area (Å²) in [6.45, 7) is 2.88. The molecule has 5 heteroatoms. The fraction of sp³-hybridized carbons (Fsp3) is 0.190. The van der Waals surface area contributed by atoms with Crippen molar-refractivity contribution in [3.05, 3.63) is 60.2 Å². The third-order valence-corrected chi connectivity index (χ3v) is 4.95. The second kappa shape index (κ2) is 7.62. The fourth-order valence-corrected chi connectivity index (χ4v) is 3.40. The van der Waals surface area contributed by atoms with E-state index in [1.54, 1.807) is 23.7 Å². The van der Waals surface area contributed by atoms with E-state index >= 15 is 0 Å². The Balaban J connectivity index is 1.73. The molecule has 26 heavy (non-hydrogen) atoms. The summed E-state index contributed by atoms with van der Waals surface area (Å²) in [6.07, 6.45) is 5.75. The zero-order chi connectivity index (χ0) is 17.8. The zero-order valence-corrected chi connectivity index (χ0v) is 15.4. The molecule has 0 fully saturated rings. The number of hydrogen-bond acceptors (Lipinski definition) is 5. The van der Waals surface area contributed by atoms with E-state index in [1.165, 1.54) is 0 Å². The van der Waals surface area contributed by atoms with Gasteiger partial charge in [0.05, 0.1) is 23.5 Å². The van der Waals surface area contributed by atoms with Gasteiger partial charge in [-0.1, -0.05) is 25.5 Å². The van der Waals surface area contributed by atoms with Crippen LogP contribution in [-0.4, -0.2) is 21.6 Å². The molecule has 0 amide bonds. The first-order chi connectivity index (χ1) is 12.8. The van der Waals surface area contributed by atoms with E-state index in [0.717, 1.165) is 58.1 Å². The molecule has 0 unspecified atom stereocenters. The van der Waals surface area contributed by atoms with Crippen molar-refractivity contribution < 1.29 is 4.74 Å². The standard InChI is InChI=1S/C21H19N3OS/c1-2-3-12-25-20-9-10-22-18-8-7-15(14-16(18)20)17-5-4-6-19(24-17)21-23-11-13-26-21/h4-11,13-14H,2-3,12H2,1H3. The Bertz CT molecular complexity index is 1010. The van der Waals surface area contributed by atoms with Crippen molar-refractivity contribution in [1.82, 2.24) is 15.0 Å². The van der Waals surface area contributed by atoms with Gasteiger partial charge < -0.3 is 4.74 Å². The molecule has 0 N–H and O–H groups in total. The van der Waals surface area contributed by atoms with Crippen molar-refractivity contribution in [3.63, 3.8) is 0 Å². The molecule has 3 heterocycles. The van der Waals surface area contributed by atoms with Crippen molar-refractivity contribution in [1.29, 1.82) is 0 Å². The Morgan fingerprint density at radius 2 is 1.92 bits per heavy atom. The average molecular weight is 361 g/mol. The number of rotatable bonds is 6. The summed E-state index contributed by atoms with van der Waals surface area (Å²) in [5, 5.41) is 3.91. The molecule has 4 aromatic rings. The van der Waals surface area contributed by atoms with Gasteiger partial charge in [-0.15, -0.1) is 11.3 Å². The summed E-state index contributed by atoms with van der Waals surface area (Å²) in [5.74, 6) is 0.876. The third-order valence-electron chi connectivity index (χ3n) is 4.15. The van der Waals surface area contributed by atoms with E-state index in [9.17, 15) is 0 Å². The molecule has 0 saturated heterocycles. The SMILES string of the molecule is CCCCOc1ccnc2ccc(-c3cccc(-c4nccs4)n3)cc12. The Morgan fingerprint density at radius 3 is 2.77 bits per heavy atom. The smallest absolute Gasteiger partial charge is 0.141 e. The molecule has 0 radical (unpaired) electrons. The second-order valence-electron chi connectivity index (χ2n) is 5.99. The van der Waals surface area contributed by atoms with Crippen LogP contribution in [0.5, 0.6) is 5.75 Å². The second-order valence-corrected chi connectivity index (χ2v) is 6.88. The predicted octanol–water partition coefficient (Wildman–Crippen LogP) is 5.60. The first kappa shape index (κ1) is 16.7. The maximum atomic E-state index is 5.96. The minimum atomic E-state index is 0.720. The van der Waals surface area contributed by atoms with Crippen molar-refractivity contribution in [3.8, 4) is 27.7 Å². The van der Waals surface area contributed by atoms with Crippen molar-refractivity contribution in [2.75, 3.05) is 6.61 Å². The minimum absolute atomic E-state index is 0.720. The van der Waals surface area contributed by atoms with Gasteiger partial charge in [0.25, 0.3) is 0 Å². The zero-order valence-electron chi connectivity index (χ0n) is 14.6. The van der Waals surface area contributed by atoms with Gasteiger partial charge in [-0.05, 0) is 36.8 Å². The van der Waals surface area contributed by atoms with Crippen LogP contribution >= 0.6 is 11.3 Å². The summed E-state index contributed by atoms with van der Waals surface area (Å²) in [4.78, 5) is 13.6. The van der Waals surface area contributed by atoms with E-state index in [-0.39, 0.29) is 0 Å². The van der Waals surface area contributed by atoms with E-state index in [0.29, 0.717) is 0 Å². The molecule has 4 rings (SSSR count). The first-order valence-electron chi connectivity index (χ1n) is 8.74. The summed E-state index contributed by atoms with van der Waals surface area (Å²) < 4.78 is 5.96. The van der Waals surface area contributed by atoms with Gasteiger partial charge in [-0.3, -0.25) is 4.98 Å². The lowest BCUT2D eigenvalue weighted by atomic mass is 10.1. The Kier molecular flexibility index (Phi) is 4.88. The molecule has 0 aliphatic carbocycles. The number of hydrogen-bond donors (Lipinski definition) is 0. The molecule has 0 aliphatic heterocycles. The van der Waals surface area contributed by atoms with Crippen LogP contribution in [0, 0.1) is 0 Å². The van der Waals surface area contributed by atoms with Gasteiger partial charge in [-0.2, -0.15) is 0 Å². The fourth-order valence-electron chi connectivity index (χ4n) is 2.80. The minimum Gasteiger partial charge on any atom is -0.493 e. The quantitative estimate of drug-likeness (QED) is 0.419. The number of thiazole rings is 1. The van der Waals surface area contributed by atoms with Gasteiger partial charge in [0.1, 0.15) is 10.8 Å². The number of benzene rings is 1. The van der Waals surface area contributed by atoms with Gasteiger partial charge >= 0.3 is 0 Å². The van der Waals surface area contributed by atoms with Crippen LogP contribution in [0.1, 0.15) is 19.8 Å². The third kappa shape index (κ3) is 3.44. The molecule has 0 spiro atoms. The summed E-state index contributed by atoms with van der Waals surface area (Å²) in [7, 11) is 0. The maximum absolute atomic E-state index is 5.96. The number of pyridine rings is 2. The Morgan fingerprint density at radius 1 is 1.00 bits per heavy atom. The Labute approximate surface area is 156 Å². The highest BCUT2D eigenvalue weighted by Crippen LogP contribution is 2.30. The molecule has 130 valence electrons. The highest BCUT2D eigenvalue weighted by molar-refractivity contribution is 7.13. The van der Waals surface area contributed by atoms with Crippen molar-refractivity contribution >= 4 is 22.2 Å². The summed E-state index contributed by atoms with van der Waals surface area (Å²) in [6, 6.07) is 14.1.